The van der Waals surface area contributed by atoms with E-state index in [9.17, 15) is 5.26 Å². The molecule has 0 fully saturated rings. The molecule has 0 bridgehead atoms. The summed E-state index contributed by atoms with van der Waals surface area (Å²) < 4.78 is 1.03. The normalized spacial score (nSPS) is 13.8. The van der Waals surface area contributed by atoms with Crippen molar-refractivity contribution in [2.75, 3.05) is 12.3 Å². The maximum absolute atomic E-state index is 9.23. The molecule has 1 unspecified atom stereocenters. The molecule has 0 saturated heterocycles. The molecule has 19 heavy (non-hydrogen) atoms. The number of nitrogens with one attached hydrogen (secondary N) is 1. The number of thioether (sulfide) groups is 1. The number of hydrogen-bond acceptors (Lipinski definition) is 4. The smallest absolute Gasteiger partial charge is 0.110 e. The molecule has 1 atom stereocenters. The van der Waals surface area contributed by atoms with Gasteiger partial charge in [-0.15, -0.1) is 11.8 Å². The molecule has 0 radical (unpaired) electrons. The fraction of sp³-hybridized carbons (Fsp3) is 0.571. The molecule has 1 heterocycles. The molecule has 104 valence electrons. The van der Waals surface area contributed by atoms with E-state index in [0.29, 0.717) is 0 Å². The third-order valence-electron chi connectivity index (χ3n) is 2.80. The highest BCUT2D eigenvalue weighted by molar-refractivity contribution is 9.10. The largest absolute Gasteiger partial charge is 0.300 e. The van der Waals surface area contributed by atoms with E-state index in [2.05, 4.69) is 39.2 Å². The third-order valence-corrected chi connectivity index (χ3v) is 4.79. The Balaban J connectivity index is 2.34. The lowest BCUT2D eigenvalue weighted by molar-refractivity contribution is 0.415. The van der Waals surface area contributed by atoms with E-state index >= 15 is 0 Å². The standard InChI is InChI=1S/C14H20BrN3S/c1-3-8-18-14(2,11-16)7-5-10-19-13-12(15)6-4-9-17-13/h4,6,9,18H,3,5,7-8,10H2,1-2H3. The SMILES string of the molecule is CCCNC(C)(C#N)CCCSc1ncccc1Br. The van der Waals surface area contributed by atoms with Crippen LogP contribution in [0.3, 0.4) is 0 Å². The summed E-state index contributed by atoms with van der Waals surface area (Å²) in [6.07, 6.45) is 4.71. The number of nitriles is 1. The molecule has 1 rings (SSSR count). The summed E-state index contributed by atoms with van der Waals surface area (Å²) >= 11 is 5.21. The molecule has 0 amide bonds. The first-order chi connectivity index (χ1) is 9.11. The summed E-state index contributed by atoms with van der Waals surface area (Å²) in [7, 11) is 0. The quantitative estimate of drug-likeness (QED) is 0.573. The second kappa shape index (κ2) is 8.57. The Hall–Kier alpha value is -0.570. The maximum atomic E-state index is 9.23. The number of pyridine rings is 1. The van der Waals surface area contributed by atoms with Crippen molar-refractivity contribution in [1.29, 1.82) is 5.26 Å². The Kier molecular flexibility index (Phi) is 7.44. The van der Waals surface area contributed by atoms with Crippen LogP contribution in [-0.2, 0) is 0 Å². The van der Waals surface area contributed by atoms with Gasteiger partial charge in [-0.05, 0) is 66.5 Å². The Morgan fingerprint density at radius 2 is 2.37 bits per heavy atom. The minimum atomic E-state index is -0.405. The summed E-state index contributed by atoms with van der Waals surface area (Å²) in [6.45, 7) is 4.98. The van der Waals surface area contributed by atoms with Crippen molar-refractivity contribution in [2.24, 2.45) is 0 Å². The molecule has 0 aromatic carbocycles. The molecule has 0 saturated carbocycles. The van der Waals surface area contributed by atoms with Crippen LogP contribution in [0.15, 0.2) is 27.8 Å². The summed E-state index contributed by atoms with van der Waals surface area (Å²) in [5.74, 6) is 0.973. The van der Waals surface area contributed by atoms with Gasteiger partial charge < -0.3 is 0 Å². The van der Waals surface area contributed by atoms with E-state index in [1.807, 2.05) is 19.1 Å². The molecule has 1 aromatic heterocycles. The predicted octanol–water partition coefficient (Wildman–Crippen LogP) is 4.00. The van der Waals surface area contributed by atoms with Gasteiger partial charge in [0.2, 0.25) is 0 Å². The molecule has 0 spiro atoms. The molecule has 0 aliphatic carbocycles. The molecular weight excluding hydrogens is 322 g/mol. The lowest BCUT2D eigenvalue weighted by Crippen LogP contribution is -2.41. The van der Waals surface area contributed by atoms with Crippen molar-refractivity contribution in [3.05, 3.63) is 22.8 Å². The van der Waals surface area contributed by atoms with Gasteiger partial charge in [-0.1, -0.05) is 6.92 Å². The van der Waals surface area contributed by atoms with Crippen LogP contribution < -0.4 is 5.32 Å². The Morgan fingerprint density at radius 1 is 1.58 bits per heavy atom. The average molecular weight is 342 g/mol. The topological polar surface area (TPSA) is 48.7 Å². The van der Waals surface area contributed by atoms with E-state index < -0.39 is 5.54 Å². The van der Waals surface area contributed by atoms with Crippen LogP contribution in [0.2, 0.25) is 0 Å². The molecule has 0 aliphatic heterocycles. The van der Waals surface area contributed by atoms with Gasteiger partial charge in [0.25, 0.3) is 0 Å². The maximum Gasteiger partial charge on any atom is 0.110 e. The van der Waals surface area contributed by atoms with Crippen LogP contribution in [0.5, 0.6) is 0 Å². The zero-order valence-electron chi connectivity index (χ0n) is 11.4. The molecule has 0 aliphatic rings. The highest BCUT2D eigenvalue weighted by Crippen LogP contribution is 2.26. The zero-order chi connectivity index (χ0) is 14.1. The summed E-state index contributed by atoms with van der Waals surface area (Å²) in [5.41, 5.74) is -0.405. The van der Waals surface area contributed by atoms with Crippen LogP contribution in [-0.4, -0.2) is 22.8 Å². The Labute approximate surface area is 128 Å². The van der Waals surface area contributed by atoms with E-state index in [1.54, 1.807) is 18.0 Å². The molecule has 1 aromatic rings. The van der Waals surface area contributed by atoms with Gasteiger partial charge in [0.1, 0.15) is 10.6 Å². The second-order valence-electron chi connectivity index (χ2n) is 4.61. The molecule has 3 nitrogen and oxygen atoms in total. The van der Waals surface area contributed by atoms with Crippen molar-refractivity contribution in [1.82, 2.24) is 10.3 Å². The van der Waals surface area contributed by atoms with E-state index in [4.69, 9.17) is 0 Å². The number of hydrogen-bond donors (Lipinski definition) is 1. The second-order valence-corrected chi connectivity index (χ2v) is 6.55. The Morgan fingerprint density at radius 3 is 3.00 bits per heavy atom. The minimum Gasteiger partial charge on any atom is -0.300 e. The van der Waals surface area contributed by atoms with Crippen molar-refractivity contribution in [3.8, 4) is 6.07 Å². The molecule has 1 N–H and O–H groups in total. The van der Waals surface area contributed by atoms with Gasteiger partial charge in [-0.3, -0.25) is 5.32 Å². The van der Waals surface area contributed by atoms with Crippen LogP contribution in [0, 0.1) is 11.3 Å². The summed E-state index contributed by atoms with van der Waals surface area (Å²) in [6, 6.07) is 6.29. The molecule has 5 heteroatoms. The van der Waals surface area contributed by atoms with Crippen LogP contribution in [0.25, 0.3) is 0 Å². The number of aromatic nitrogens is 1. The van der Waals surface area contributed by atoms with E-state index in [1.165, 1.54) is 0 Å². The monoisotopic (exact) mass is 341 g/mol. The van der Waals surface area contributed by atoms with Crippen LogP contribution in [0.4, 0.5) is 0 Å². The van der Waals surface area contributed by atoms with Gasteiger partial charge in [0, 0.05) is 10.7 Å². The number of halogens is 1. The van der Waals surface area contributed by atoms with E-state index in [-0.39, 0.29) is 0 Å². The first-order valence-corrected chi connectivity index (χ1v) is 8.29. The first-order valence-electron chi connectivity index (χ1n) is 6.51. The van der Waals surface area contributed by atoms with Crippen molar-refractivity contribution in [2.45, 2.75) is 43.7 Å². The van der Waals surface area contributed by atoms with Gasteiger partial charge in [-0.25, -0.2) is 4.98 Å². The highest BCUT2D eigenvalue weighted by atomic mass is 79.9. The van der Waals surface area contributed by atoms with Gasteiger partial charge in [0.15, 0.2) is 0 Å². The van der Waals surface area contributed by atoms with Crippen molar-refractivity contribution >= 4 is 27.7 Å². The van der Waals surface area contributed by atoms with Crippen molar-refractivity contribution in [3.63, 3.8) is 0 Å². The van der Waals surface area contributed by atoms with Gasteiger partial charge in [0.05, 0.1) is 6.07 Å². The summed E-state index contributed by atoms with van der Waals surface area (Å²) in [5, 5.41) is 13.6. The fourth-order valence-electron chi connectivity index (χ4n) is 1.66. The fourth-order valence-corrected chi connectivity index (χ4v) is 3.08. The predicted molar refractivity (Wildman–Crippen MR) is 84.2 cm³/mol. The van der Waals surface area contributed by atoms with E-state index in [0.717, 1.165) is 41.1 Å². The van der Waals surface area contributed by atoms with Gasteiger partial charge >= 0.3 is 0 Å². The van der Waals surface area contributed by atoms with Crippen molar-refractivity contribution < 1.29 is 0 Å². The highest BCUT2D eigenvalue weighted by Gasteiger charge is 2.21. The number of rotatable bonds is 8. The summed E-state index contributed by atoms with van der Waals surface area (Å²) in [4.78, 5) is 4.32. The zero-order valence-corrected chi connectivity index (χ0v) is 13.9. The third kappa shape index (κ3) is 5.94. The molecular formula is C14H20BrN3S. The lowest BCUT2D eigenvalue weighted by atomic mass is 9.98. The van der Waals surface area contributed by atoms with Crippen LogP contribution >= 0.6 is 27.7 Å². The Bertz CT molecular complexity index is 433. The number of nitrogens with zero attached hydrogens (tertiary/aromatic N) is 2. The van der Waals surface area contributed by atoms with Crippen LogP contribution in [0.1, 0.15) is 33.1 Å². The van der Waals surface area contributed by atoms with Gasteiger partial charge in [-0.2, -0.15) is 5.26 Å². The average Bonchev–Trinajstić information content (AvgIpc) is 2.43. The lowest BCUT2D eigenvalue weighted by Gasteiger charge is -2.22. The first kappa shape index (κ1) is 16.5. The minimum absolute atomic E-state index is 0.405.